The van der Waals surface area contributed by atoms with Crippen LogP contribution in [0.3, 0.4) is 0 Å². The maximum Gasteiger partial charge on any atom is 0.0553 e. The summed E-state index contributed by atoms with van der Waals surface area (Å²) in [5, 5.41) is 7.89. The molecule has 0 saturated heterocycles. The zero-order valence-corrected chi connectivity index (χ0v) is 12.1. The maximum absolute atomic E-state index is 4.28. The van der Waals surface area contributed by atoms with Crippen LogP contribution >= 0.6 is 0 Å². The van der Waals surface area contributed by atoms with E-state index in [1.54, 1.807) is 0 Å². The first-order valence-corrected chi connectivity index (χ1v) is 6.97. The topological polar surface area (TPSA) is 29.9 Å². The minimum atomic E-state index is 0.329. The summed E-state index contributed by atoms with van der Waals surface area (Å²) < 4.78 is 1.96. The van der Waals surface area contributed by atoms with E-state index in [-0.39, 0.29) is 0 Å². The Bertz CT molecular complexity index is 499. The minimum Gasteiger partial charge on any atom is -0.308 e. The lowest BCUT2D eigenvalue weighted by Gasteiger charge is -2.19. The fourth-order valence-electron chi connectivity index (χ4n) is 2.29. The van der Waals surface area contributed by atoms with Crippen LogP contribution in [0, 0.1) is 6.92 Å². The summed E-state index contributed by atoms with van der Waals surface area (Å²) in [6, 6.07) is 11.2. The van der Waals surface area contributed by atoms with E-state index in [9.17, 15) is 0 Å². The van der Waals surface area contributed by atoms with Crippen molar-refractivity contribution in [3.05, 3.63) is 53.3 Å². The molecule has 0 aliphatic heterocycles. The Kier molecular flexibility index (Phi) is 4.74. The highest BCUT2D eigenvalue weighted by Gasteiger charge is 2.14. The molecule has 2 rings (SSSR count). The molecule has 1 atom stereocenters. The summed E-state index contributed by atoms with van der Waals surface area (Å²) in [4.78, 5) is 0. The van der Waals surface area contributed by atoms with Crippen molar-refractivity contribution in [3.8, 4) is 0 Å². The van der Waals surface area contributed by atoms with Gasteiger partial charge in [-0.3, -0.25) is 4.68 Å². The third-order valence-electron chi connectivity index (χ3n) is 3.42. The van der Waals surface area contributed by atoms with Crippen molar-refractivity contribution in [1.82, 2.24) is 15.1 Å². The molecule has 0 bridgehead atoms. The van der Waals surface area contributed by atoms with Crippen LogP contribution in [-0.2, 0) is 13.5 Å². The second-order valence-electron chi connectivity index (χ2n) is 5.08. The van der Waals surface area contributed by atoms with Gasteiger partial charge in [-0.25, -0.2) is 0 Å². The SMILES string of the molecule is CCCNC(Cc1ccc(C)cc1)c1ccnn1C. The molecule has 0 radical (unpaired) electrons. The normalized spacial score (nSPS) is 12.6. The number of hydrogen-bond acceptors (Lipinski definition) is 2. The Morgan fingerprint density at radius 1 is 1.21 bits per heavy atom. The van der Waals surface area contributed by atoms with Crippen LogP contribution in [0.4, 0.5) is 0 Å². The predicted molar refractivity (Wildman–Crippen MR) is 79.1 cm³/mol. The number of nitrogens with zero attached hydrogens (tertiary/aromatic N) is 2. The number of aromatic nitrogens is 2. The largest absolute Gasteiger partial charge is 0.308 e. The van der Waals surface area contributed by atoms with E-state index in [2.05, 4.69) is 54.6 Å². The van der Waals surface area contributed by atoms with Crippen LogP contribution < -0.4 is 5.32 Å². The number of hydrogen-bond donors (Lipinski definition) is 1. The van der Waals surface area contributed by atoms with Gasteiger partial charge in [0.1, 0.15) is 0 Å². The van der Waals surface area contributed by atoms with Crippen LogP contribution in [0.1, 0.15) is 36.2 Å². The van der Waals surface area contributed by atoms with Gasteiger partial charge in [0.05, 0.1) is 11.7 Å². The third-order valence-corrected chi connectivity index (χ3v) is 3.42. The van der Waals surface area contributed by atoms with Crippen molar-refractivity contribution in [2.45, 2.75) is 32.7 Å². The van der Waals surface area contributed by atoms with Crippen LogP contribution in [0.25, 0.3) is 0 Å². The molecule has 2 aromatic rings. The first-order valence-electron chi connectivity index (χ1n) is 6.97. The molecule has 0 fully saturated rings. The predicted octanol–water partition coefficient (Wildman–Crippen LogP) is 3.01. The van der Waals surface area contributed by atoms with Gasteiger partial charge in [0.2, 0.25) is 0 Å². The fourth-order valence-corrected chi connectivity index (χ4v) is 2.29. The molecule has 0 spiro atoms. The zero-order chi connectivity index (χ0) is 13.7. The van der Waals surface area contributed by atoms with Crippen molar-refractivity contribution in [2.24, 2.45) is 7.05 Å². The van der Waals surface area contributed by atoms with Crippen LogP contribution in [0.15, 0.2) is 36.5 Å². The van der Waals surface area contributed by atoms with Gasteiger partial charge in [-0.15, -0.1) is 0 Å². The second kappa shape index (κ2) is 6.53. The molecular weight excluding hydrogens is 234 g/mol. The van der Waals surface area contributed by atoms with Gasteiger partial charge >= 0.3 is 0 Å². The van der Waals surface area contributed by atoms with E-state index in [0.717, 1.165) is 19.4 Å². The monoisotopic (exact) mass is 257 g/mol. The van der Waals surface area contributed by atoms with Gasteiger partial charge < -0.3 is 5.32 Å². The average Bonchev–Trinajstić information content (AvgIpc) is 2.83. The van der Waals surface area contributed by atoms with E-state index < -0.39 is 0 Å². The Labute approximate surface area is 115 Å². The smallest absolute Gasteiger partial charge is 0.0553 e. The average molecular weight is 257 g/mol. The van der Waals surface area contributed by atoms with Crippen molar-refractivity contribution in [3.63, 3.8) is 0 Å². The van der Waals surface area contributed by atoms with E-state index in [1.165, 1.54) is 16.8 Å². The number of benzene rings is 1. The van der Waals surface area contributed by atoms with Gasteiger partial charge in [0, 0.05) is 13.2 Å². The second-order valence-corrected chi connectivity index (χ2v) is 5.08. The summed E-state index contributed by atoms with van der Waals surface area (Å²) >= 11 is 0. The van der Waals surface area contributed by atoms with Gasteiger partial charge in [0.25, 0.3) is 0 Å². The standard InChI is InChI=1S/C16H23N3/c1-4-10-17-15(16-9-11-18-19(16)3)12-14-7-5-13(2)6-8-14/h5-9,11,15,17H,4,10,12H2,1-3H3. The van der Waals surface area contributed by atoms with Gasteiger partial charge in [-0.05, 0) is 37.9 Å². The molecule has 1 aromatic carbocycles. The Morgan fingerprint density at radius 3 is 2.53 bits per heavy atom. The van der Waals surface area contributed by atoms with Crippen molar-refractivity contribution < 1.29 is 0 Å². The van der Waals surface area contributed by atoms with Gasteiger partial charge in [0.15, 0.2) is 0 Å². The van der Waals surface area contributed by atoms with Crippen molar-refractivity contribution >= 4 is 0 Å². The van der Waals surface area contributed by atoms with Crippen molar-refractivity contribution in [1.29, 1.82) is 0 Å². The maximum atomic E-state index is 4.28. The first kappa shape index (κ1) is 13.8. The molecule has 1 N–H and O–H groups in total. The molecular formula is C16H23N3. The van der Waals surface area contributed by atoms with E-state index in [0.29, 0.717) is 6.04 Å². The third kappa shape index (κ3) is 3.67. The minimum absolute atomic E-state index is 0.329. The molecule has 3 nitrogen and oxygen atoms in total. The highest BCUT2D eigenvalue weighted by molar-refractivity contribution is 5.23. The molecule has 0 amide bonds. The summed E-state index contributed by atoms with van der Waals surface area (Å²) in [6.07, 6.45) is 4.01. The summed E-state index contributed by atoms with van der Waals surface area (Å²) in [5.41, 5.74) is 3.91. The highest BCUT2D eigenvalue weighted by Crippen LogP contribution is 2.18. The van der Waals surface area contributed by atoms with E-state index in [4.69, 9.17) is 0 Å². The Morgan fingerprint density at radius 2 is 1.95 bits per heavy atom. The fraction of sp³-hybridized carbons (Fsp3) is 0.438. The molecule has 102 valence electrons. The van der Waals surface area contributed by atoms with E-state index >= 15 is 0 Å². The van der Waals surface area contributed by atoms with Crippen LogP contribution in [0.2, 0.25) is 0 Å². The lowest BCUT2D eigenvalue weighted by Crippen LogP contribution is -2.26. The molecule has 0 aliphatic rings. The molecule has 19 heavy (non-hydrogen) atoms. The molecule has 3 heteroatoms. The summed E-state index contributed by atoms with van der Waals surface area (Å²) in [5.74, 6) is 0. The lowest BCUT2D eigenvalue weighted by molar-refractivity contribution is 0.493. The molecule has 1 heterocycles. The molecule has 0 aliphatic carbocycles. The Hall–Kier alpha value is -1.61. The summed E-state index contributed by atoms with van der Waals surface area (Å²) in [6.45, 7) is 5.35. The highest BCUT2D eigenvalue weighted by atomic mass is 15.3. The Balaban J connectivity index is 2.14. The summed E-state index contributed by atoms with van der Waals surface area (Å²) in [7, 11) is 2.01. The number of rotatable bonds is 6. The number of nitrogens with one attached hydrogen (secondary N) is 1. The van der Waals surface area contributed by atoms with Crippen LogP contribution in [-0.4, -0.2) is 16.3 Å². The lowest BCUT2D eigenvalue weighted by atomic mass is 10.0. The zero-order valence-electron chi connectivity index (χ0n) is 12.1. The van der Waals surface area contributed by atoms with Gasteiger partial charge in [-0.1, -0.05) is 36.8 Å². The quantitative estimate of drug-likeness (QED) is 0.862. The number of aryl methyl sites for hydroxylation is 2. The van der Waals surface area contributed by atoms with Crippen molar-refractivity contribution in [2.75, 3.05) is 6.54 Å². The molecule has 1 unspecified atom stereocenters. The first-order chi connectivity index (χ1) is 9.20. The van der Waals surface area contributed by atoms with E-state index in [1.807, 2.05) is 17.9 Å². The molecule has 0 saturated carbocycles. The van der Waals surface area contributed by atoms with Gasteiger partial charge in [-0.2, -0.15) is 5.10 Å². The molecule has 1 aromatic heterocycles. The van der Waals surface area contributed by atoms with Crippen LogP contribution in [0.5, 0.6) is 0 Å².